The molecular formula is C24H34N2O5. The lowest BCUT2D eigenvalue weighted by atomic mass is 9.47. The van der Waals surface area contributed by atoms with E-state index in [-0.39, 0.29) is 29.8 Å². The minimum atomic E-state index is -0.567. The van der Waals surface area contributed by atoms with Crippen LogP contribution in [0.2, 0.25) is 0 Å². The average Bonchev–Trinajstić information content (AvgIpc) is 2.95. The third kappa shape index (κ3) is 4.04. The Morgan fingerprint density at radius 2 is 1.84 bits per heavy atom. The normalized spacial score (nSPS) is 31.0. The van der Waals surface area contributed by atoms with Crippen molar-refractivity contribution >= 4 is 17.7 Å². The van der Waals surface area contributed by atoms with Crippen molar-refractivity contribution < 1.29 is 23.9 Å². The van der Waals surface area contributed by atoms with Crippen LogP contribution < -0.4 is 5.32 Å². The smallest absolute Gasteiger partial charge is 0.312 e. The molecule has 4 saturated carbocycles. The molecule has 5 rings (SSSR count). The first kappa shape index (κ1) is 22.1. The summed E-state index contributed by atoms with van der Waals surface area (Å²) in [6.07, 6.45) is 5.27. The molecule has 1 aromatic heterocycles. The maximum absolute atomic E-state index is 13.2. The van der Waals surface area contributed by atoms with Crippen LogP contribution in [0.1, 0.15) is 67.2 Å². The van der Waals surface area contributed by atoms with Gasteiger partial charge in [-0.25, -0.2) is 0 Å². The molecular weight excluding hydrogens is 396 g/mol. The van der Waals surface area contributed by atoms with Crippen LogP contribution in [0.3, 0.4) is 0 Å². The van der Waals surface area contributed by atoms with Crippen molar-refractivity contribution in [3.05, 3.63) is 23.0 Å². The number of hydrogen-bond donors (Lipinski definition) is 1. The highest BCUT2D eigenvalue weighted by Crippen LogP contribution is 2.62. The number of methoxy groups -OCH3 is 1. The molecule has 4 fully saturated rings. The minimum absolute atomic E-state index is 0.0375. The summed E-state index contributed by atoms with van der Waals surface area (Å²) in [5, 5.41) is 3.16. The highest BCUT2D eigenvalue weighted by molar-refractivity contribution is 5.99. The van der Waals surface area contributed by atoms with E-state index in [9.17, 15) is 14.4 Å². The molecule has 4 aliphatic rings. The number of ketones is 1. The second-order valence-electron chi connectivity index (χ2n) is 10.1. The quantitative estimate of drug-likeness (QED) is 0.506. The Hall–Kier alpha value is -2.15. The van der Waals surface area contributed by atoms with Crippen molar-refractivity contribution in [1.82, 2.24) is 9.88 Å². The van der Waals surface area contributed by atoms with Gasteiger partial charge in [-0.15, -0.1) is 0 Å². The fourth-order valence-electron chi connectivity index (χ4n) is 6.99. The van der Waals surface area contributed by atoms with E-state index < -0.39 is 5.41 Å². The van der Waals surface area contributed by atoms with Gasteiger partial charge in [0.25, 0.3) is 0 Å². The van der Waals surface area contributed by atoms with Gasteiger partial charge in [-0.3, -0.25) is 14.4 Å². The van der Waals surface area contributed by atoms with E-state index in [4.69, 9.17) is 9.47 Å². The number of ether oxygens (including phenoxy) is 2. The van der Waals surface area contributed by atoms with Gasteiger partial charge in [0.2, 0.25) is 11.7 Å². The summed E-state index contributed by atoms with van der Waals surface area (Å²) in [6, 6.07) is 1.86. The van der Waals surface area contributed by atoms with Crippen molar-refractivity contribution in [3.8, 4) is 0 Å². The van der Waals surface area contributed by atoms with Gasteiger partial charge >= 0.3 is 5.97 Å². The van der Waals surface area contributed by atoms with Gasteiger partial charge < -0.3 is 19.4 Å². The van der Waals surface area contributed by atoms with Gasteiger partial charge in [-0.2, -0.15) is 0 Å². The first-order valence-electron chi connectivity index (χ1n) is 11.3. The van der Waals surface area contributed by atoms with E-state index in [0.717, 1.165) is 43.5 Å². The van der Waals surface area contributed by atoms with Crippen LogP contribution in [0.5, 0.6) is 0 Å². The van der Waals surface area contributed by atoms with E-state index in [1.165, 1.54) is 0 Å². The number of esters is 1. The largest absolute Gasteiger partial charge is 0.457 e. The number of carbonyl (C=O) groups is 3. The van der Waals surface area contributed by atoms with Crippen LogP contribution in [0, 0.1) is 31.1 Å². The maximum Gasteiger partial charge on any atom is 0.312 e. The molecule has 0 spiro atoms. The molecule has 1 aromatic rings. The zero-order valence-corrected chi connectivity index (χ0v) is 19.1. The minimum Gasteiger partial charge on any atom is -0.457 e. The van der Waals surface area contributed by atoms with E-state index in [2.05, 4.69) is 9.88 Å². The van der Waals surface area contributed by atoms with Crippen molar-refractivity contribution in [2.75, 3.05) is 20.3 Å². The summed E-state index contributed by atoms with van der Waals surface area (Å²) in [4.78, 5) is 37.9. The molecule has 4 aliphatic carbocycles. The molecule has 1 heterocycles. The second kappa shape index (κ2) is 8.08. The van der Waals surface area contributed by atoms with Gasteiger partial charge in [-0.1, -0.05) is 0 Å². The van der Waals surface area contributed by atoms with Gasteiger partial charge in [0, 0.05) is 43.1 Å². The summed E-state index contributed by atoms with van der Waals surface area (Å²) in [6.45, 7) is 6.43. The number of Topliss-reactive ketones (excluding diaryl/α,β-unsaturated/α-hetero) is 1. The van der Waals surface area contributed by atoms with Crippen LogP contribution in [0.4, 0.5) is 0 Å². The number of amides is 1. The third-order valence-corrected chi connectivity index (χ3v) is 7.66. The van der Waals surface area contributed by atoms with Crippen LogP contribution in [-0.4, -0.2) is 48.1 Å². The monoisotopic (exact) mass is 430 g/mol. The zero-order valence-electron chi connectivity index (χ0n) is 19.1. The Morgan fingerprint density at radius 1 is 1.16 bits per heavy atom. The Balaban J connectivity index is 1.44. The lowest BCUT2D eigenvalue weighted by Gasteiger charge is -2.60. The molecule has 4 bridgehead atoms. The fourth-order valence-corrected chi connectivity index (χ4v) is 6.99. The number of nitrogens with one attached hydrogen (secondary N) is 1. The summed E-state index contributed by atoms with van der Waals surface area (Å²) < 4.78 is 12.8. The molecule has 0 radical (unpaired) electrons. The number of rotatable bonds is 8. The van der Waals surface area contributed by atoms with Crippen LogP contribution >= 0.6 is 0 Å². The Labute approximate surface area is 183 Å². The molecule has 0 saturated heterocycles. The predicted molar refractivity (Wildman–Crippen MR) is 115 cm³/mol. The molecule has 7 heteroatoms. The number of aromatic nitrogens is 1. The number of hydrogen-bond acceptors (Lipinski definition) is 5. The van der Waals surface area contributed by atoms with Gasteiger partial charge in [0.15, 0.2) is 6.61 Å². The number of carbonyl (C=O) groups excluding carboxylic acids is 3. The Bertz CT molecular complexity index is 888. The van der Waals surface area contributed by atoms with Crippen molar-refractivity contribution in [2.24, 2.45) is 17.3 Å². The van der Waals surface area contributed by atoms with E-state index >= 15 is 0 Å². The fraction of sp³-hybridized carbons (Fsp3) is 0.708. The summed E-state index contributed by atoms with van der Waals surface area (Å²) in [5.74, 6) is 0.404. The molecule has 31 heavy (non-hydrogen) atoms. The molecule has 7 nitrogen and oxygen atoms in total. The topological polar surface area (TPSA) is 86.6 Å². The summed E-state index contributed by atoms with van der Waals surface area (Å²) in [5.41, 5.74) is 1.60. The van der Waals surface area contributed by atoms with Gasteiger partial charge in [-0.05, 0) is 70.3 Å². The molecule has 1 amide bonds. The van der Waals surface area contributed by atoms with E-state index in [0.29, 0.717) is 37.0 Å². The van der Waals surface area contributed by atoms with Crippen molar-refractivity contribution in [2.45, 2.75) is 71.4 Å². The highest BCUT2D eigenvalue weighted by Gasteiger charge is 2.61. The second-order valence-corrected chi connectivity index (χ2v) is 10.1. The highest BCUT2D eigenvalue weighted by atomic mass is 16.5. The maximum atomic E-state index is 13.2. The summed E-state index contributed by atoms with van der Waals surface area (Å²) >= 11 is 0. The van der Waals surface area contributed by atoms with Crippen LogP contribution in [0.25, 0.3) is 0 Å². The molecule has 2 atom stereocenters. The Kier molecular flexibility index (Phi) is 5.75. The molecule has 170 valence electrons. The first-order chi connectivity index (χ1) is 14.7. The van der Waals surface area contributed by atoms with Crippen molar-refractivity contribution in [1.29, 1.82) is 0 Å². The predicted octanol–water partition coefficient (Wildman–Crippen LogP) is 2.95. The van der Waals surface area contributed by atoms with E-state index in [1.54, 1.807) is 14.0 Å². The number of nitrogens with zero attached hydrogens (tertiary/aromatic N) is 1. The third-order valence-electron chi connectivity index (χ3n) is 7.66. The molecule has 0 aliphatic heterocycles. The first-order valence-corrected chi connectivity index (χ1v) is 11.3. The zero-order chi connectivity index (χ0) is 22.4. The van der Waals surface area contributed by atoms with Gasteiger partial charge in [0.05, 0.1) is 12.0 Å². The lowest BCUT2D eigenvalue weighted by Crippen LogP contribution is -2.64. The summed E-state index contributed by atoms with van der Waals surface area (Å²) in [7, 11) is 1.65. The van der Waals surface area contributed by atoms with E-state index in [1.807, 2.05) is 19.9 Å². The van der Waals surface area contributed by atoms with Crippen LogP contribution in [0.15, 0.2) is 6.07 Å². The standard InChI is InChI=1S/C24H34N2O5/c1-15-7-20(16(2)26(15)5-6-30-4)21(28)13-31-22(29)23-9-18-8-19(10-23)12-24(11-18,14-23)25-17(3)27/h7,18-19H,5-6,8-14H2,1-4H3,(H,25,27). The van der Waals surface area contributed by atoms with Crippen LogP contribution in [-0.2, 0) is 25.6 Å². The molecule has 0 aromatic carbocycles. The number of aryl methyl sites for hydroxylation is 1. The Morgan fingerprint density at radius 3 is 2.45 bits per heavy atom. The average molecular weight is 431 g/mol. The molecule has 2 unspecified atom stereocenters. The SMILES string of the molecule is COCCn1c(C)cc(C(=O)COC(=O)C23CC4CC(CC(NC(C)=O)(C4)C2)C3)c1C. The lowest BCUT2D eigenvalue weighted by molar-refractivity contribution is -0.174. The van der Waals surface area contributed by atoms with Gasteiger partial charge in [0.1, 0.15) is 0 Å². The van der Waals surface area contributed by atoms with Crippen molar-refractivity contribution in [3.63, 3.8) is 0 Å². The molecule has 1 N–H and O–H groups in total.